The minimum absolute atomic E-state index is 0.255. The van der Waals surface area contributed by atoms with Gasteiger partial charge < -0.3 is 21.1 Å². The Morgan fingerprint density at radius 3 is 2.39 bits per heavy atom. The number of nitrogens with one attached hydrogen (secondary N) is 3. The number of aryl methyl sites for hydroxylation is 1. The van der Waals surface area contributed by atoms with Crippen molar-refractivity contribution in [3.8, 4) is 0 Å². The third kappa shape index (κ3) is 9.27. The van der Waals surface area contributed by atoms with Crippen molar-refractivity contribution in [2.45, 2.75) is 45.6 Å². The highest BCUT2D eigenvalue weighted by atomic mass is 35.5. The van der Waals surface area contributed by atoms with Crippen molar-refractivity contribution in [1.82, 2.24) is 15.6 Å². The zero-order valence-corrected chi connectivity index (χ0v) is 20.1. The summed E-state index contributed by atoms with van der Waals surface area (Å²) < 4.78 is 0. The molecule has 1 aromatic heterocycles. The maximum atomic E-state index is 12.3. The summed E-state index contributed by atoms with van der Waals surface area (Å²) in [6.45, 7) is 4.16. The number of hydrogen-bond acceptors (Lipinski definition) is 5. The lowest BCUT2D eigenvalue weighted by Crippen LogP contribution is -2.39. The summed E-state index contributed by atoms with van der Waals surface area (Å²) in [6.07, 6.45) is 3.08. The van der Waals surface area contributed by atoms with Crippen molar-refractivity contribution in [1.29, 1.82) is 0 Å². The van der Waals surface area contributed by atoms with E-state index in [0.29, 0.717) is 34.1 Å². The lowest BCUT2D eigenvalue weighted by molar-refractivity contribution is -0.138. The number of carbonyl (C=O) groups is 3. The molecule has 0 aliphatic carbocycles. The Kier molecular flexibility index (Phi) is 10.4. The molecule has 2 amide bonds. The number of rotatable bonds is 12. The predicted molar refractivity (Wildman–Crippen MR) is 129 cm³/mol. The second-order valence-corrected chi connectivity index (χ2v) is 8.52. The number of aliphatic carboxylic acids is 1. The Hall–Kier alpha value is -2.84. The molecule has 0 radical (unpaired) electrons. The Labute approximate surface area is 203 Å². The highest BCUT2D eigenvalue weighted by Gasteiger charge is 2.20. The van der Waals surface area contributed by atoms with Crippen molar-refractivity contribution in [2.75, 3.05) is 18.4 Å². The number of carboxylic acids is 1. The van der Waals surface area contributed by atoms with E-state index >= 15 is 0 Å². The molecule has 0 fully saturated rings. The quantitative estimate of drug-likeness (QED) is 0.330. The van der Waals surface area contributed by atoms with E-state index in [2.05, 4.69) is 20.9 Å². The van der Waals surface area contributed by atoms with Crippen LogP contribution in [0.4, 0.5) is 5.82 Å². The molecule has 10 heteroatoms. The number of aromatic nitrogens is 1. The van der Waals surface area contributed by atoms with Crippen LogP contribution in [0.25, 0.3) is 0 Å². The Morgan fingerprint density at radius 2 is 1.76 bits per heavy atom. The highest BCUT2D eigenvalue weighted by molar-refractivity contribution is 6.36. The van der Waals surface area contributed by atoms with Crippen LogP contribution in [-0.4, -0.2) is 41.0 Å². The molecule has 0 aliphatic rings. The molecule has 0 bridgehead atoms. The number of hydrogen-bond donors (Lipinski definition) is 4. The summed E-state index contributed by atoms with van der Waals surface area (Å²) in [5.74, 6) is -1.06. The maximum absolute atomic E-state index is 12.3. The van der Waals surface area contributed by atoms with Crippen LogP contribution in [0.1, 0.15) is 48.4 Å². The zero-order chi connectivity index (χ0) is 24.4. The normalized spacial score (nSPS) is 11.5. The first kappa shape index (κ1) is 26.4. The van der Waals surface area contributed by atoms with E-state index in [1.54, 1.807) is 25.3 Å². The van der Waals surface area contributed by atoms with Crippen LogP contribution in [0.2, 0.25) is 10.0 Å². The van der Waals surface area contributed by atoms with Crippen LogP contribution in [-0.2, 0) is 14.4 Å². The fraction of sp³-hybridized carbons (Fsp3) is 0.391. The fourth-order valence-electron chi connectivity index (χ4n) is 3.07. The molecule has 178 valence electrons. The van der Waals surface area contributed by atoms with Crippen LogP contribution in [0.3, 0.4) is 0 Å². The summed E-state index contributed by atoms with van der Waals surface area (Å²) >= 11 is 12.3. The van der Waals surface area contributed by atoms with Crippen molar-refractivity contribution in [3.63, 3.8) is 0 Å². The second-order valence-electron chi connectivity index (χ2n) is 7.71. The van der Waals surface area contributed by atoms with E-state index < -0.39 is 17.9 Å². The molecule has 0 saturated heterocycles. The molecular weight excluding hydrogens is 467 g/mol. The smallest absolute Gasteiger partial charge is 0.305 e. The number of benzene rings is 1. The molecule has 8 nitrogen and oxygen atoms in total. The number of amides is 2. The molecule has 33 heavy (non-hydrogen) atoms. The van der Waals surface area contributed by atoms with E-state index in [0.717, 1.165) is 17.8 Å². The van der Waals surface area contributed by atoms with Crippen LogP contribution in [0, 0.1) is 13.8 Å². The van der Waals surface area contributed by atoms with E-state index in [1.165, 1.54) is 0 Å². The molecule has 1 aromatic carbocycles. The van der Waals surface area contributed by atoms with Crippen LogP contribution in [0.5, 0.6) is 0 Å². The molecule has 0 aliphatic heterocycles. The van der Waals surface area contributed by atoms with E-state index in [4.69, 9.17) is 23.2 Å². The van der Waals surface area contributed by atoms with Crippen molar-refractivity contribution in [3.05, 3.63) is 57.2 Å². The van der Waals surface area contributed by atoms with Gasteiger partial charge in [0.2, 0.25) is 11.8 Å². The standard InChI is InChI=1S/C23H28Cl2N4O4/c1-14-6-8-27-20(9-14)26-7-4-3-5-21(30)28-13-22(31)29-19(12-23(32)33)16-10-17(24)15(2)18(25)11-16/h6,8-11,19H,3-5,7,12-13H2,1-2H3,(H,26,27)(H,28,30)(H,29,31)(H,32,33). The van der Waals surface area contributed by atoms with Gasteiger partial charge in [-0.15, -0.1) is 0 Å². The van der Waals surface area contributed by atoms with Gasteiger partial charge in [0.15, 0.2) is 0 Å². The summed E-state index contributed by atoms with van der Waals surface area (Å²) in [4.78, 5) is 39.8. The fourth-order valence-corrected chi connectivity index (χ4v) is 3.57. The van der Waals surface area contributed by atoms with Gasteiger partial charge >= 0.3 is 5.97 Å². The van der Waals surface area contributed by atoms with E-state index in [-0.39, 0.29) is 25.3 Å². The second kappa shape index (κ2) is 13.0. The lowest BCUT2D eigenvalue weighted by Gasteiger charge is -2.19. The summed E-state index contributed by atoms with van der Waals surface area (Å²) in [5, 5.41) is 18.3. The van der Waals surface area contributed by atoms with Gasteiger partial charge in [0.1, 0.15) is 5.82 Å². The van der Waals surface area contributed by atoms with Gasteiger partial charge in [-0.3, -0.25) is 14.4 Å². The first-order valence-corrected chi connectivity index (χ1v) is 11.3. The van der Waals surface area contributed by atoms with Crippen LogP contribution >= 0.6 is 23.2 Å². The van der Waals surface area contributed by atoms with Crippen molar-refractivity contribution < 1.29 is 19.5 Å². The summed E-state index contributed by atoms with van der Waals surface area (Å²) in [5.41, 5.74) is 2.26. The third-order valence-corrected chi connectivity index (χ3v) is 5.70. The number of anilines is 1. The first-order valence-electron chi connectivity index (χ1n) is 10.6. The number of carboxylic acid groups (broad SMARTS) is 1. The molecular formula is C23H28Cl2N4O4. The van der Waals surface area contributed by atoms with Crippen molar-refractivity contribution >= 4 is 46.8 Å². The number of unbranched alkanes of at least 4 members (excludes halogenated alkanes) is 1. The van der Waals surface area contributed by atoms with E-state index in [1.807, 2.05) is 19.1 Å². The number of pyridine rings is 1. The topological polar surface area (TPSA) is 120 Å². The minimum Gasteiger partial charge on any atom is -0.481 e. The molecule has 0 spiro atoms. The molecule has 4 N–H and O–H groups in total. The van der Waals surface area contributed by atoms with Gasteiger partial charge in [-0.05, 0) is 67.6 Å². The van der Waals surface area contributed by atoms with Gasteiger partial charge in [-0.2, -0.15) is 0 Å². The summed E-state index contributed by atoms with van der Waals surface area (Å²) in [7, 11) is 0. The molecule has 1 unspecified atom stereocenters. The predicted octanol–water partition coefficient (Wildman–Crippen LogP) is 4.04. The Balaban J connectivity index is 1.76. The Bertz CT molecular complexity index is 977. The van der Waals surface area contributed by atoms with Gasteiger partial charge in [0.05, 0.1) is 19.0 Å². The van der Waals surface area contributed by atoms with Crippen LogP contribution < -0.4 is 16.0 Å². The minimum atomic E-state index is -1.09. The van der Waals surface area contributed by atoms with E-state index in [9.17, 15) is 19.5 Å². The highest BCUT2D eigenvalue weighted by Crippen LogP contribution is 2.29. The molecule has 2 aromatic rings. The third-order valence-electron chi connectivity index (χ3n) is 4.92. The van der Waals surface area contributed by atoms with Crippen LogP contribution in [0.15, 0.2) is 30.5 Å². The monoisotopic (exact) mass is 494 g/mol. The van der Waals surface area contributed by atoms with Crippen molar-refractivity contribution in [2.24, 2.45) is 0 Å². The number of carbonyl (C=O) groups excluding carboxylic acids is 2. The van der Waals surface area contributed by atoms with Gasteiger partial charge in [-0.25, -0.2) is 4.98 Å². The number of nitrogens with zero attached hydrogens (tertiary/aromatic N) is 1. The van der Waals surface area contributed by atoms with Gasteiger partial charge in [-0.1, -0.05) is 23.2 Å². The average Bonchev–Trinajstić information content (AvgIpc) is 2.74. The molecule has 2 rings (SSSR count). The molecule has 0 saturated carbocycles. The van der Waals surface area contributed by atoms with Gasteiger partial charge in [0.25, 0.3) is 0 Å². The lowest BCUT2D eigenvalue weighted by atomic mass is 10.0. The zero-order valence-electron chi connectivity index (χ0n) is 18.6. The maximum Gasteiger partial charge on any atom is 0.305 e. The Morgan fingerprint density at radius 1 is 1.06 bits per heavy atom. The average molecular weight is 495 g/mol. The molecule has 1 heterocycles. The summed E-state index contributed by atoms with van der Waals surface area (Å²) in [6, 6.07) is 6.19. The largest absolute Gasteiger partial charge is 0.481 e. The SMILES string of the molecule is Cc1ccnc(NCCCCC(=O)NCC(=O)NC(CC(=O)O)c2cc(Cl)c(C)c(Cl)c2)c1. The number of halogens is 2. The first-order chi connectivity index (χ1) is 15.7. The molecule has 1 atom stereocenters. The van der Waals surface area contributed by atoms with Gasteiger partial charge in [0, 0.05) is 29.2 Å².